The number of halogens is 1. The third kappa shape index (κ3) is 3.89. The van der Waals surface area contributed by atoms with Gasteiger partial charge in [0, 0.05) is 27.0 Å². The maximum Gasteiger partial charge on any atom is 0.262 e. The molecule has 0 radical (unpaired) electrons. The Morgan fingerprint density at radius 3 is 2.52 bits per heavy atom. The molecule has 0 aliphatic rings. The van der Waals surface area contributed by atoms with Crippen molar-refractivity contribution < 1.29 is 14.3 Å². The van der Waals surface area contributed by atoms with Crippen molar-refractivity contribution in [1.29, 1.82) is 0 Å². The van der Waals surface area contributed by atoms with E-state index in [9.17, 15) is 9.59 Å². The van der Waals surface area contributed by atoms with Crippen LogP contribution in [0.1, 0.15) is 10.4 Å². The van der Waals surface area contributed by atoms with Crippen LogP contribution in [0.5, 0.6) is 5.75 Å². The Balaban J connectivity index is 1.70. The topological polar surface area (TPSA) is 81.4 Å². The minimum Gasteiger partial charge on any atom is -0.483 e. The number of carbonyl (C=O) groups is 2. The predicted molar refractivity (Wildman–Crippen MR) is 98.0 cm³/mol. The molecular weight excluding hydrogens is 340 g/mol. The van der Waals surface area contributed by atoms with E-state index in [0.29, 0.717) is 22.0 Å². The van der Waals surface area contributed by atoms with Gasteiger partial charge in [0.15, 0.2) is 6.61 Å². The first-order valence-electron chi connectivity index (χ1n) is 7.54. The molecule has 5 nitrogen and oxygen atoms in total. The monoisotopic (exact) mass is 354 g/mol. The lowest BCUT2D eigenvalue weighted by atomic mass is 10.1. The molecule has 0 aromatic heterocycles. The molecule has 0 unspecified atom stereocenters. The maximum absolute atomic E-state index is 12.1. The molecule has 3 aromatic carbocycles. The number of anilines is 1. The average Bonchev–Trinajstić information content (AvgIpc) is 2.61. The SMILES string of the molecule is NC(=O)c1cccc(NC(=O)COc2ccc(Cl)c3ccccc23)c1. The minimum atomic E-state index is -0.556. The number of hydrogen-bond donors (Lipinski definition) is 2. The number of amides is 2. The fourth-order valence-electron chi connectivity index (χ4n) is 2.45. The van der Waals surface area contributed by atoms with Crippen molar-refractivity contribution in [2.45, 2.75) is 0 Å². The summed E-state index contributed by atoms with van der Waals surface area (Å²) in [5.74, 6) is -0.332. The number of rotatable bonds is 5. The molecule has 0 aliphatic heterocycles. The van der Waals surface area contributed by atoms with E-state index in [0.717, 1.165) is 10.8 Å². The molecule has 2 amide bonds. The predicted octanol–water partition coefficient (Wildman–Crippen LogP) is 3.61. The summed E-state index contributed by atoms with van der Waals surface area (Å²) in [6, 6.07) is 17.4. The summed E-state index contributed by atoms with van der Waals surface area (Å²) in [6.45, 7) is -0.174. The molecule has 0 saturated carbocycles. The molecule has 0 fully saturated rings. The molecule has 0 atom stereocenters. The number of fused-ring (bicyclic) bond motifs is 1. The van der Waals surface area contributed by atoms with Gasteiger partial charge in [-0.05, 0) is 30.3 Å². The second kappa shape index (κ2) is 7.23. The van der Waals surface area contributed by atoms with Gasteiger partial charge in [-0.1, -0.05) is 41.9 Å². The van der Waals surface area contributed by atoms with Crippen molar-refractivity contribution in [3.8, 4) is 5.75 Å². The van der Waals surface area contributed by atoms with Crippen molar-refractivity contribution in [2.75, 3.05) is 11.9 Å². The van der Waals surface area contributed by atoms with Gasteiger partial charge < -0.3 is 15.8 Å². The molecule has 0 spiro atoms. The Bertz CT molecular complexity index is 956. The fourth-order valence-corrected chi connectivity index (χ4v) is 2.68. The first kappa shape index (κ1) is 16.8. The van der Waals surface area contributed by atoms with Crippen LogP contribution in [0.3, 0.4) is 0 Å². The van der Waals surface area contributed by atoms with Crippen LogP contribution in [0, 0.1) is 0 Å². The smallest absolute Gasteiger partial charge is 0.262 e. The fraction of sp³-hybridized carbons (Fsp3) is 0.0526. The second-order valence-electron chi connectivity index (χ2n) is 5.37. The van der Waals surface area contributed by atoms with Gasteiger partial charge in [-0.15, -0.1) is 0 Å². The van der Waals surface area contributed by atoms with Crippen LogP contribution >= 0.6 is 11.6 Å². The van der Waals surface area contributed by atoms with Crippen molar-refractivity contribution in [3.05, 3.63) is 71.2 Å². The van der Waals surface area contributed by atoms with Gasteiger partial charge in [-0.25, -0.2) is 0 Å². The molecule has 0 heterocycles. The summed E-state index contributed by atoms with van der Waals surface area (Å²) in [5, 5.41) is 4.98. The van der Waals surface area contributed by atoms with Crippen molar-refractivity contribution in [3.63, 3.8) is 0 Å². The van der Waals surface area contributed by atoms with E-state index in [1.54, 1.807) is 30.3 Å². The Morgan fingerprint density at radius 2 is 1.76 bits per heavy atom. The zero-order valence-corrected chi connectivity index (χ0v) is 13.9. The molecule has 6 heteroatoms. The molecular formula is C19H15ClN2O3. The zero-order valence-electron chi connectivity index (χ0n) is 13.2. The summed E-state index contributed by atoms with van der Waals surface area (Å²) in [6.07, 6.45) is 0. The average molecular weight is 355 g/mol. The molecule has 3 rings (SSSR count). The van der Waals surface area contributed by atoms with Gasteiger partial charge >= 0.3 is 0 Å². The van der Waals surface area contributed by atoms with E-state index in [4.69, 9.17) is 22.1 Å². The third-order valence-corrected chi connectivity index (χ3v) is 3.95. The lowest BCUT2D eigenvalue weighted by molar-refractivity contribution is -0.118. The summed E-state index contributed by atoms with van der Waals surface area (Å²) in [4.78, 5) is 23.3. The minimum absolute atomic E-state index is 0.174. The number of primary amides is 1. The maximum atomic E-state index is 12.1. The largest absolute Gasteiger partial charge is 0.483 e. The molecule has 25 heavy (non-hydrogen) atoms. The molecule has 0 aliphatic carbocycles. The highest BCUT2D eigenvalue weighted by atomic mass is 35.5. The van der Waals surface area contributed by atoms with Gasteiger partial charge in [-0.2, -0.15) is 0 Å². The van der Waals surface area contributed by atoms with Crippen LogP contribution in [0.25, 0.3) is 10.8 Å². The van der Waals surface area contributed by atoms with Gasteiger partial charge in [0.2, 0.25) is 5.91 Å². The summed E-state index contributed by atoms with van der Waals surface area (Å²) < 4.78 is 5.62. The molecule has 0 saturated heterocycles. The van der Waals surface area contributed by atoms with Crippen LogP contribution in [0.4, 0.5) is 5.69 Å². The van der Waals surface area contributed by atoms with Gasteiger partial charge in [-0.3, -0.25) is 9.59 Å². The number of benzene rings is 3. The Morgan fingerprint density at radius 1 is 1.00 bits per heavy atom. The number of ether oxygens (including phenoxy) is 1. The molecule has 3 aromatic rings. The molecule has 0 bridgehead atoms. The quantitative estimate of drug-likeness (QED) is 0.734. The zero-order chi connectivity index (χ0) is 17.8. The number of nitrogens with two attached hydrogens (primary N) is 1. The van der Waals surface area contributed by atoms with E-state index in [1.807, 2.05) is 24.3 Å². The highest BCUT2D eigenvalue weighted by Crippen LogP contribution is 2.31. The van der Waals surface area contributed by atoms with Crippen molar-refractivity contribution in [2.24, 2.45) is 5.73 Å². The standard InChI is InChI=1S/C19H15ClN2O3/c20-16-8-9-17(15-7-2-1-6-14(15)16)25-11-18(23)22-13-5-3-4-12(10-13)19(21)24/h1-10H,11H2,(H2,21,24)(H,22,23). The highest BCUT2D eigenvalue weighted by molar-refractivity contribution is 6.35. The van der Waals surface area contributed by atoms with Crippen LogP contribution in [0.2, 0.25) is 5.02 Å². The van der Waals surface area contributed by atoms with Crippen molar-refractivity contribution in [1.82, 2.24) is 0 Å². The first-order chi connectivity index (χ1) is 12.0. The highest BCUT2D eigenvalue weighted by Gasteiger charge is 2.09. The third-order valence-electron chi connectivity index (χ3n) is 3.62. The van der Waals surface area contributed by atoms with Crippen LogP contribution in [-0.2, 0) is 4.79 Å². The number of hydrogen-bond acceptors (Lipinski definition) is 3. The van der Waals surface area contributed by atoms with Gasteiger partial charge in [0.25, 0.3) is 5.91 Å². The normalized spacial score (nSPS) is 10.4. The summed E-state index contributed by atoms with van der Waals surface area (Å²) in [5.41, 5.74) is 6.03. The van der Waals surface area contributed by atoms with Gasteiger partial charge in [0.1, 0.15) is 5.75 Å². The Kier molecular flexibility index (Phi) is 4.86. The Labute approximate surface area is 149 Å². The summed E-state index contributed by atoms with van der Waals surface area (Å²) >= 11 is 6.17. The van der Waals surface area contributed by atoms with E-state index in [-0.39, 0.29) is 12.5 Å². The summed E-state index contributed by atoms with van der Waals surface area (Å²) in [7, 11) is 0. The van der Waals surface area contributed by atoms with E-state index >= 15 is 0 Å². The van der Waals surface area contributed by atoms with Crippen molar-refractivity contribution >= 4 is 39.9 Å². The number of carbonyl (C=O) groups excluding carboxylic acids is 2. The lowest BCUT2D eigenvalue weighted by Gasteiger charge is -2.11. The van der Waals surface area contributed by atoms with E-state index in [2.05, 4.69) is 5.32 Å². The number of nitrogens with one attached hydrogen (secondary N) is 1. The van der Waals surface area contributed by atoms with Gasteiger partial charge in [0.05, 0.1) is 0 Å². The van der Waals surface area contributed by atoms with Crippen LogP contribution < -0.4 is 15.8 Å². The Hall–Kier alpha value is -3.05. The molecule has 126 valence electrons. The molecule has 3 N–H and O–H groups in total. The first-order valence-corrected chi connectivity index (χ1v) is 7.92. The van der Waals surface area contributed by atoms with E-state index in [1.165, 1.54) is 6.07 Å². The van der Waals surface area contributed by atoms with Crippen LogP contribution in [-0.4, -0.2) is 18.4 Å². The second-order valence-corrected chi connectivity index (χ2v) is 5.78. The van der Waals surface area contributed by atoms with Crippen LogP contribution in [0.15, 0.2) is 60.7 Å². The van der Waals surface area contributed by atoms with E-state index < -0.39 is 5.91 Å². The lowest BCUT2D eigenvalue weighted by Crippen LogP contribution is -2.20.